The maximum absolute atomic E-state index is 12.6. The predicted octanol–water partition coefficient (Wildman–Crippen LogP) is 3.24. The van der Waals surface area contributed by atoms with Crippen LogP contribution in [0.25, 0.3) is 0 Å². The predicted molar refractivity (Wildman–Crippen MR) is 107 cm³/mol. The van der Waals surface area contributed by atoms with Crippen molar-refractivity contribution in [2.75, 3.05) is 40.4 Å². The normalized spacial score (nSPS) is 14.9. The van der Waals surface area contributed by atoms with Crippen molar-refractivity contribution in [3.8, 4) is 11.5 Å². The molecule has 0 unspecified atom stereocenters. The summed E-state index contributed by atoms with van der Waals surface area (Å²) in [7, 11) is 3.20. The van der Waals surface area contributed by atoms with E-state index in [1.165, 1.54) is 5.56 Å². The molecule has 1 heterocycles. The molecule has 5 nitrogen and oxygen atoms in total. The van der Waals surface area contributed by atoms with E-state index < -0.39 is 0 Å². The van der Waals surface area contributed by atoms with Gasteiger partial charge in [-0.2, -0.15) is 0 Å². The highest BCUT2D eigenvalue weighted by Gasteiger charge is 2.21. The fraction of sp³-hybridized carbons (Fsp3) is 0.381. The molecule has 1 aliphatic rings. The van der Waals surface area contributed by atoms with E-state index in [2.05, 4.69) is 11.0 Å². The second kappa shape index (κ2) is 9.11. The van der Waals surface area contributed by atoms with Gasteiger partial charge in [0.15, 0.2) is 11.5 Å². The maximum atomic E-state index is 12.6. The van der Waals surface area contributed by atoms with E-state index in [4.69, 9.17) is 21.1 Å². The van der Waals surface area contributed by atoms with Gasteiger partial charge in [0.2, 0.25) is 5.91 Å². The van der Waals surface area contributed by atoms with Crippen LogP contribution in [0.3, 0.4) is 0 Å². The number of amides is 1. The Kier molecular flexibility index (Phi) is 6.58. The van der Waals surface area contributed by atoms with Gasteiger partial charge in [-0.3, -0.25) is 9.69 Å². The Bertz CT molecular complexity index is 789. The number of halogens is 1. The Hall–Kier alpha value is -2.24. The number of ether oxygens (including phenoxy) is 2. The van der Waals surface area contributed by atoms with Gasteiger partial charge in [0, 0.05) is 37.7 Å². The lowest BCUT2D eigenvalue weighted by molar-refractivity contribution is -0.132. The molecule has 144 valence electrons. The fourth-order valence-corrected chi connectivity index (χ4v) is 3.54. The van der Waals surface area contributed by atoms with Crippen LogP contribution >= 0.6 is 11.6 Å². The first kappa shape index (κ1) is 19.5. The Morgan fingerprint density at radius 3 is 2.37 bits per heavy atom. The van der Waals surface area contributed by atoms with Crippen molar-refractivity contribution in [2.45, 2.75) is 13.0 Å². The molecule has 0 aromatic heterocycles. The highest BCUT2D eigenvalue weighted by Crippen LogP contribution is 2.28. The minimum atomic E-state index is 0.143. The third kappa shape index (κ3) is 5.15. The highest BCUT2D eigenvalue weighted by molar-refractivity contribution is 6.30. The van der Waals surface area contributed by atoms with E-state index >= 15 is 0 Å². The van der Waals surface area contributed by atoms with Gasteiger partial charge in [-0.1, -0.05) is 29.8 Å². The standard InChI is InChI=1S/C21H25ClN2O3/c1-26-19-7-6-16(13-20(19)27-2)14-21(25)24-10-8-23(9-11-24)15-17-4-3-5-18(22)12-17/h3-7,12-13H,8-11,14-15H2,1-2H3. The van der Waals surface area contributed by atoms with Crippen molar-refractivity contribution in [3.63, 3.8) is 0 Å². The number of nitrogens with zero attached hydrogens (tertiary/aromatic N) is 2. The minimum Gasteiger partial charge on any atom is -0.493 e. The quantitative estimate of drug-likeness (QED) is 0.761. The lowest BCUT2D eigenvalue weighted by atomic mass is 10.1. The molecule has 1 amide bonds. The summed E-state index contributed by atoms with van der Waals surface area (Å²) in [5.41, 5.74) is 2.13. The number of benzene rings is 2. The number of piperazine rings is 1. The molecule has 0 bridgehead atoms. The molecular formula is C21H25ClN2O3. The van der Waals surface area contributed by atoms with Crippen molar-refractivity contribution in [1.29, 1.82) is 0 Å². The summed E-state index contributed by atoms with van der Waals surface area (Å²) in [6.45, 7) is 4.08. The first-order chi connectivity index (χ1) is 13.1. The van der Waals surface area contributed by atoms with E-state index in [1.54, 1.807) is 14.2 Å². The van der Waals surface area contributed by atoms with Gasteiger partial charge < -0.3 is 14.4 Å². The van der Waals surface area contributed by atoms with Gasteiger partial charge in [-0.05, 0) is 35.4 Å². The van der Waals surface area contributed by atoms with Crippen LogP contribution < -0.4 is 9.47 Å². The molecule has 2 aromatic rings. The molecule has 0 spiro atoms. The fourth-order valence-electron chi connectivity index (χ4n) is 3.33. The van der Waals surface area contributed by atoms with Crippen molar-refractivity contribution in [2.24, 2.45) is 0 Å². The minimum absolute atomic E-state index is 0.143. The molecule has 2 aromatic carbocycles. The third-order valence-corrected chi connectivity index (χ3v) is 5.06. The summed E-state index contributed by atoms with van der Waals surface area (Å²) < 4.78 is 10.6. The Morgan fingerprint density at radius 2 is 1.70 bits per heavy atom. The average Bonchev–Trinajstić information content (AvgIpc) is 2.68. The monoisotopic (exact) mass is 388 g/mol. The van der Waals surface area contributed by atoms with Crippen LogP contribution in [0.15, 0.2) is 42.5 Å². The number of carbonyl (C=O) groups is 1. The summed E-state index contributed by atoms with van der Waals surface area (Å²) in [6.07, 6.45) is 0.370. The van der Waals surface area contributed by atoms with E-state index in [0.29, 0.717) is 17.9 Å². The van der Waals surface area contributed by atoms with E-state index in [-0.39, 0.29) is 5.91 Å². The van der Waals surface area contributed by atoms with Crippen LogP contribution in [0.4, 0.5) is 0 Å². The zero-order chi connectivity index (χ0) is 19.2. The topological polar surface area (TPSA) is 42.0 Å². The molecule has 6 heteroatoms. The summed E-state index contributed by atoms with van der Waals surface area (Å²) in [4.78, 5) is 16.9. The largest absolute Gasteiger partial charge is 0.493 e. The van der Waals surface area contributed by atoms with Gasteiger partial charge in [0.1, 0.15) is 0 Å². The molecule has 0 radical (unpaired) electrons. The third-order valence-electron chi connectivity index (χ3n) is 4.82. The van der Waals surface area contributed by atoms with Crippen LogP contribution in [-0.4, -0.2) is 56.1 Å². The number of carbonyl (C=O) groups excluding carboxylic acids is 1. The Balaban J connectivity index is 1.52. The maximum Gasteiger partial charge on any atom is 0.227 e. The number of hydrogen-bond donors (Lipinski definition) is 0. The first-order valence-corrected chi connectivity index (χ1v) is 9.42. The molecule has 1 fully saturated rings. The summed E-state index contributed by atoms with van der Waals surface area (Å²) in [5, 5.41) is 0.760. The lowest BCUT2D eigenvalue weighted by Crippen LogP contribution is -2.48. The van der Waals surface area contributed by atoms with Crippen molar-refractivity contribution >= 4 is 17.5 Å². The Labute approximate surface area is 165 Å². The van der Waals surface area contributed by atoms with Crippen LogP contribution in [-0.2, 0) is 17.8 Å². The highest BCUT2D eigenvalue weighted by atomic mass is 35.5. The van der Waals surface area contributed by atoms with Gasteiger partial charge in [-0.15, -0.1) is 0 Å². The van der Waals surface area contributed by atoms with E-state index in [1.807, 2.05) is 41.3 Å². The smallest absolute Gasteiger partial charge is 0.227 e. The molecule has 0 aliphatic carbocycles. The van der Waals surface area contributed by atoms with Gasteiger partial charge >= 0.3 is 0 Å². The van der Waals surface area contributed by atoms with Crippen molar-refractivity contribution in [1.82, 2.24) is 9.80 Å². The summed E-state index contributed by atoms with van der Waals surface area (Å²) in [6, 6.07) is 13.6. The average molecular weight is 389 g/mol. The van der Waals surface area contributed by atoms with E-state index in [0.717, 1.165) is 43.3 Å². The molecule has 1 aliphatic heterocycles. The summed E-state index contributed by atoms with van der Waals surface area (Å²) >= 11 is 6.06. The zero-order valence-corrected chi connectivity index (χ0v) is 16.5. The molecule has 0 atom stereocenters. The first-order valence-electron chi connectivity index (χ1n) is 9.04. The number of rotatable bonds is 6. The van der Waals surface area contributed by atoms with Gasteiger partial charge in [-0.25, -0.2) is 0 Å². The second-order valence-corrected chi connectivity index (χ2v) is 7.09. The van der Waals surface area contributed by atoms with Crippen molar-refractivity contribution < 1.29 is 14.3 Å². The Morgan fingerprint density at radius 1 is 0.963 bits per heavy atom. The van der Waals surface area contributed by atoms with Crippen LogP contribution in [0, 0.1) is 0 Å². The molecule has 27 heavy (non-hydrogen) atoms. The van der Waals surface area contributed by atoms with Crippen molar-refractivity contribution in [3.05, 3.63) is 58.6 Å². The van der Waals surface area contributed by atoms with Crippen LogP contribution in [0.2, 0.25) is 5.02 Å². The number of hydrogen-bond acceptors (Lipinski definition) is 4. The second-order valence-electron chi connectivity index (χ2n) is 6.65. The van der Waals surface area contributed by atoms with E-state index in [9.17, 15) is 4.79 Å². The zero-order valence-electron chi connectivity index (χ0n) is 15.8. The van der Waals surface area contributed by atoms with Gasteiger partial charge in [0.05, 0.1) is 20.6 Å². The molecule has 0 saturated carbocycles. The molecule has 3 rings (SSSR count). The molecule has 0 N–H and O–H groups in total. The number of methoxy groups -OCH3 is 2. The van der Waals surface area contributed by atoms with Crippen LogP contribution in [0.1, 0.15) is 11.1 Å². The van der Waals surface area contributed by atoms with Gasteiger partial charge in [0.25, 0.3) is 0 Å². The lowest BCUT2D eigenvalue weighted by Gasteiger charge is -2.35. The summed E-state index contributed by atoms with van der Waals surface area (Å²) in [5.74, 6) is 1.46. The molecule has 1 saturated heterocycles. The van der Waals surface area contributed by atoms with Crippen LogP contribution in [0.5, 0.6) is 11.5 Å². The molecular weight excluding hydrogens is 364 g/mol. The SMILES string of the molecule is COc1ccc(CC(=O)N2CCN(Cc3cccc(Cl)c3)CC2)cc1OC.